The first-order chi connectivity index (χ1) is 26.8. The molecule has 0 fully saturated rings. The minimum absolute atomic E-state index is 1.23. The third-order valence-corrected chi connectivity index (χ3v) is 11.4. The van der Waals surface area contributed by atoms with Gasteiger partial charge in [-0.15, -0.1) is 0 Å². The van der Waals surface area contributed by atoms with Gasteiger partial charge in [-0.2, -0.15) is 0 Å². The SMILES string of the molecule is c1cc(-c2cccc3ccccc23)cc(-c2c3ccccc3c(-c3ccc(-c4ccc5ccc6ccccc6c5c4)c4ccccc34)c3ccccc23)c1. The van der Waals surface area contributed by atoms with Crippen LogP contribution >= 0.6 is 0 Å². The molecule has 0 amide bonds. The lowest BCUT2D eigenvalue weighted by atomic mass is 9.83. The Hall–Kier alpha value is -7.02. The molecule has 0 saturated carbocycles. The van der Waals surface area contributed by atoms with Gasteiger partial charge in [0.05, 0.1) is 0 Å². The predicted octanol–water partition coefficient (Wildman–Crippen LogP) is 15.3. The molecule has 0 aliphatic heterocycles. The average molecular weight is 683 g/mol. The predicted molar refractivity (Wildman–Crippen MR) is 233 cm³/mol. The van der Waals surface area contributed by atoms with Crippen LogP contribution < -0.4 is 0 Å². The molecule has 0 aliphatic rings. The van der Waals surface area contributed by atoms with E-state index in [-0.39, 0.29) is 0 Å². The van der Waals surface area contributed by atoms with Gasteiger partial charge in [-0.3, -0.25) is 0 Å². The normalized spacial score (nSPS) is 11.7. The monoisotopic (exact) mass is 682 g/mol. The largest absolute Gasteiger partial charge is 0.0616 e. The van der Waals surface area contributed by atoms with Crippen molar-refractivity contribution in [2.24, 2.45) is 0 Å². The summed E-state index contributed by atoms with van der Waals surface area (Å²) in [5.41, 5.74) is 10.00. The molecule has 11 aromatic carbocycles. The Kier molecular flexibility index (Phi) is 6.97. The van der Waals surface area contributed by atoms with Gasteiger partial charge in [-0.25, -0.2) is 0 Å². The topological polar surface area (TPSA) is 0 Å². The fraction of sp³-hybridized carbons (Fsp3) is 0. The maximum absolute atomic E-state index is 2.38. The molecule has 0 aromatic heterocycles. The van der Waals surface area contributed by atoms with Crippen molar-refractivity contribution >= 4 is 64.6 Å². The Balaban J connectivity index is 1.14. The molecular formula is C54H34. The quantitative estimate of drug-likeness (QED) is 0.128. The zero-order valence-electron chi connectivity index (χ0n) is 29.6. The van der Waals surface area contributed by atoms with Gasteiger partial charge in [0.1, 0.15) is 0 Å². The molecule has 0 saturated heterocycles. The van der Waals surface area contributed by atoms with Crippen LogP contribution in [0, 0.1) is 0 Å². The summed E-state index contributed by atoms with van der Waals surface area (Å²) in [5.74, 6) is 0. The second kappa shape index (κ2) is 12.3. The first kappa shape index (κ1) is 30.6. The van der Waals surface area contributed by atoms with Crippen molar-refractivity contribution in [3.63, 3.8) is 0 Å². The lowest BCUT2D eigenvalue weighted by Gasteiger charge is -2.20. The Morgan fingerprint density at radius 2 is 0.611 bits per heavy atom. The van der Waals surface area contributed by atoms with Gasteiger partial charge in [0.25, 0.3) is 0 Å². The highest BCUT2D eigenvalue weighted by atomic mass is 14.2. The molecule has 0 radical (unpaired) electrons. The van der Waals surface area contributed by atoms with Gasteiger partial charge in [-0.1, -0.05) is 194 Å². The van der Waals surface area contributed by atoms with Crippen LogP contribution in [0.25, 0.3) is 109 Å². The molecule has 54 heavy (non-hydrogen) atoms. The van der Waals surface area contributed by atoms with E-state index >= 15 is 0 Å². The summed E-state index contributed by atoms with van der Waals surface area (Å²) in [6.45, 7) is 0. The van der Waals surface area contributed by atoms with Crippen molar-refractivity contribution in [2.75, 3.05) is 0 Å². The minimum atomic E-state index is 1.23. The van der Waals surface area contributed by atoms with Crippen LogP contribution in [0.3, 0.4) is 0 Å². The van der Waals surface area contributed by atoms with Crippen molar-refractivity contribution in [3.8, 4) is 44.5 Å². The molecule has 0 heteroatoms. The second-order valence-corrected chi connectivity index (χ2v) is 14.4. The van der Waals surface area contributed by atoms with Crippen LogP contribution in [0.15, 0.2) is 206 Å². The number of fused-ring (bicyclic) bond motifs is 7. The van der Waals surface area contributed by atoms with E-state index in [1.807, 2.05) is 0 Å². The third-order valence-electron chi connectivity index (χ3n) is 11.4. The first-order valence-electron chi connectivity index (χ1n) is 18.8. The highest BCUT2D eigenvalue weighted by Crippen LogP contribution is 2.47. The molecule has 0 heterocycles. The van der Waals surface area contributed by atoms with E-state index in [0.29, 0.717) is 0 Å². The lowest BCUT2D eigenvalue weighted by Crippen LogP contribution is -1.93. The van der Waals surface area contributed by atoms with E-state index in [1.54, 1.807) is 0 Å². The second-order valence-electron chi connectivity index (χ2n) is 14.4. The maximum Gasteiger partial charge on any atom is -0.00201 e. The summed E-state index contributed by atoms with van der Waals surface area (Å²) in [4.78, 5) is 0. The summed E-state index contributed by atoms with van der Waals surface area (Å²) in [6, 6.07) is 76.1. The summed E-state index contributed by atoms with van der Waals surface area (Å²) in [5, 5.41) is 15.2. The molecule has 11 rings (SSSR count). The van der Waals surface area contributed by atoms with Crippen molar-refractivity contribution in [3.05, 3.63) is 206 Å². The van der Waals surface area contributed by atoms with Gasteiger partial charge < -0.3 is 0 Å². The average Bonchev–Trinajstić information content (AvgIpc) is 3.25. The smallest absolute Gasteiger partial charge is 0.00201 e. The van der Waals surface area contributed by atoms with Crippen LogP contribution in [0.5, 0.6) is 0 Å². The number of rotatable bonds is 4. The van der Waals surface area contributed by atoms with Gasteiger partial charge in [-0.05, 0) is 121 Å². The minimum Gasteiger partial charge on any atom is -0.0616 e. The molecule has 0 N–H and O–H groups in total. The van der Waals surface area contributed by atoms with Crippen molar-refractivity contribution < 1.29 is 0 Å². The third kappa shape index (κ3) is 4.78. The van der Waals surface area contributed by atoms with Crippen LogP contribution in [0.4, 0.5) is 0 Å². The molecule has 11 aromatic rings. The highest BCUT2D eigenvalue weighted by Gasteiger charge is 2.19. The Bertz CT molecular complexity index is 3210. The zero-order chi connectivity index (χ0) is 35.6. The van der Waals surface area contributed by atoms with Crippen LogP contribution in [-0.4, -0.2) is 0 Å². The zero-order valence-corrected chi connectivity index (χ0v) is 29.6. The number of hydrogen-bond donors (Lipinski definition) is 0. The van der Waals surface area contributed by atoms with E-state index in [9.17, 15) is 0 Å². The maximum atomic E-state index is 2.38. The van der Waals surface area contributed by atoms with Gasteiger partial charge in [0, 0.05) is 0 Å². The van der Waals surface area contributed by atoms with E-state index in [1.165, 1.54) is 109 Å². The van der Waals surface area contributed by atoms with Crippen LogP contribution in [0.1, 0.15) is 0 Å². The molecule has 0 bridgehead atoms. The molecule has 0 unspecified atom stereocenters. The number of hydrogen-bond acceptors (Lipinski definition) is 0. The highest BCUT2D eigenvalue weighted by molar-refractivity contribution is 6.24. The molecule has 0 spiro atoms. The summed E-state index contributed by atoms with van der Waals surface area (Å²) >= 11 is 0. The molecular weight excluding hydrogens is 649 g/mol. The first-order valence-corrected chi connectivity index (χ1v) is 18.8. The molecule has 250 valence electrons. The summed E-state index contributed by atoms with van der Waals surface area (Å²) in [6.07, 6.45) is 0. The van der Waals surface area contributed by atoms with Gasteiger partial charge >= 0.3 is 0 Å². The van der Waals surface area contributed by atoms with Crippen LogP contribution in [0.2, 0.25) is 0 Å². The standard InChI is InChI=1S/C54H34/c1-3-18-41-35(13-1)15-12-26-43(41)38-16-11-17-40(33-38)53-47-22-7-9-24-49(47)54(50-25-10-8-23-48(50)53)51-32-31-44(45-20-5-6-21-46(45)51)39-30-29-37-28-27-36-14-2-4-19-42(36)52(37)34-39/h1-34H. The van der Waals surface area contributed by atoms with E-state index in [2.05, 4.69) is 206 Å². The van der Waals surface area contributed by atoms with Crippen molar-refractivity contribution in [2.45, 2.75) is 0 Å². The van der Waals surface area contributed by atoms with E-state index < -0.39 is 0 Å². The van der Waals surface area contributed by atoms with Gasteiger partial charge in [0.2, 0.25) is 0 Å². The van der Waals surface area contributed by atoms with E-state index in [0.717, 1.165) is 0 Å². The molecule has 0 atom stereocenters. The van der Waals surface area contributed by atoms with Gasteiger partial charge in [0.15, 0.2) is 0 Å². The summed E-state index contributed by atoms with van der Waals surface area (Å²) < 4.78 is 0. The van der Waals surface area contributed by atoms with Crippen molar-refractivity contribution in [1.82, 2.24) is 0 Å². The molecule has 0 aliphatic carbocycles. The fourth-order valence-electron chi connectivity index (χ4n) is 8.99. The number of benzene rings is 11. The Labute approximate surface area is 314 Å². The Morgan fingerprint density at radius 1 is 0.185 bits per heavy atom. The summed E-state index contributed by atoms with van der Waals surface area (Å²) in [7, 11) is 0. The fourth-order valence-corrected chi connectivity index (χ4v) is 8.99. The van der Waals surface area contributed by atoms with Crippen LogP contribution in [-0.2, 0) is 0 Å². The molecule has 0 nitrogen and oxygen atoms in total. The van der Waals surface area contributed by atoms with E-state index in [4.69, 9.17) is 0 Å². The van der Waals surface area contributed by atoms with Crippen molar-refractivity contribution in [1.29, 1.82) is 0 Å². The lowest BCUT2D eigenvalue weighted by molar-refractivity contribution is 1.63. The Morgan fingerprint density at radius 3 is 1.31 bits per heavy atom.